The van der Waals surface area contributed by atoms with E-state index in [-0.39, 0.29) is 0 Å². The van der Waals surface area contributed by atoms with Gasteiger partial charge >= 0.3 is 0 Å². The molecule has 0 fully saturated rings. The van der Waals surface area contributed by atoms with Gasteiger partial charge in [-0.3, -0.25) is 0 Å². The molecule has 0 aliphatic heterocycles. The lowest BCUT2D eigenvalue weighted by Crippen LogP contribution is -1.90. The van der Waals surface area contributed by atoms with E-state index in [1.807, 2.05) is 7.85 Å². The van der Waals surface area contributed by atoms with E-state index in [2.05, 4.69) is 0 Å². The van der Waals surface area contributed by atoms with Crippen LogP contribution in [0.1, 0.15) is 5.56 Å². The predicted molar refractivity (Wildman–Crippen MR) is 38.6 cm³/mol. The van der Waals surface area contributed by atoms with Gasteiger partial charge in [0.25, 0.3) is 0 Å². The van der Waals surface area contributed by atoms with Crippen molar-refractivity contribution in [3.05, 3.63) is 35.4 Å². The minimum absolute atomic E-state index is 0.456. The van der Waals surface area contributed by atoms with Crippen LogP contribution in [0.15, 0.2) is 18.2 Å². The molecule has 0 unspecified atom stereocenters. The standard InChI is InChI=1S/C7H7BF2/c8-4-5-1-2-6(9)3-7(5)10/h1-3H,4,8H2. The zero-order chi connectivity index (χ0) is 7.56. The van der Waals surface area contributed by atoms with Crippen molar-refractivity contribution in [1.29, 1.82) is 0 Å². The molecule has 1 aromatic carbocycles. The van der Waals surface area contributed by atoms with Crippen LogP contribution in [0.2, 0.25) is 0 Å². The number of rotatable bonds is 1. The molecule has 0 heterocycles. The van der Waals surface area contributed by atoms with E-state index in [0.717, 1.165) is 6.07 Å². The molecule has 10 heavy (non-hydrogen) atoms. The minimum Gasteiger partial charge on any atom is -0.207 e. The summed E-state index contributed by atoms with van der Waals surface area (Å²) in [5.41, 5.74) is 0.557. The lowest BCUT2D eigenvalue weighted by Gasteiger charge is -1.96. The molecule has 52 valence electrons. The minimum atomic E-state index is -0.519. The molecule has 0 saturated heterocycles. The number of benzene rings is 1. The summed E-state index contributed by atoms with van der Waals surface area (Å²) in [7, 11) is 1.83. The number of halogens is 2. The smallest absolute Gasteiger partial charge is 0.128 e. The molecule has 1 aromatic rings. The molecule has 0 N–H and O–H groups in total. The summed E-state index contributed by atoms with van der Waals surface area (Å²) in [6.45, 7) is 0. The first-order valence-corrected chi connectivity index (χ1v) is 3.18. The Hall–Kier alpha value is -0.855. The third kappa shape index (κ3) is 1.35. The van der Waals surface area contributed by atoms with E-state index in [1.54, 1.807) is 0 Å². The Labute approximate surface area is 59.3 Å². The van der Waals surface area contributed by atoms with Crippen molar-refractivity contribution in [3.63, 3.8) is 0 Å². The third-order valence-electron chi connectivity index (χ3n) is 1.40. The van der Waals surface area contributed by atoms with Crippen molar-refractivity contribution < 1.29 is 8.78 Å². The molecule has 0 saturated carbocycles. The molecule has 0 aliphatic rings. The van der Waals surface area contributed by atoms with Gasteiger partial charge in [-0.15, -0.1) is 0 Å². The first-order valence-electron chi connectivity index (χ1n) is 3.18. The van der Waals surface area contributed by atoms with Crippen LogP contribution in [0.25, 0.3) is 0 Å². The van der Waals surface area contributed by atoms with Crippen molar-refractivity contribution in [2.75, 3.05) is 0 Å². The summed E-state index contributed by atoms with van der Waals surface area (Å²) in [5.74, 6) is -0.975. The largest absolute Gasteiger partial charge is 0.207 e. The Bertz CT molecular complexity index is 235. The highest BCUT2D eigenvalue weighted by molar-refractivity contribution is 6.08. The Morgan fingerprint density at radius 1 is 1.30 bits per heavy atom. The van der Waals surface area contributed by atoms with Gasteiger partial charge < -0.3 is 0 Å². The fourth-order valence-corrected chi connectivity index (χ4v) is 0.808. The maximum atomic E-state index is 12.6. The summed E-state index contributed by atoms with van der Waals surface area (Å²) < 4.78 is 24.9. The van der Waals surface area contributed by atoms with Gasteiger partial charge in [-0.2, -0.15) is 0 Å². The maximum absolute atomic E-state index is 12.6. The molecule has 3 heteroatoms. The van der Waals surface area contributed by atoms with Crippen LogP contribution in [0.3, 0.4) is 0 Å². The number of hydrogen-bond acceptors (Lipinski definition) is 0. The van der Waals surface area contributed by atoms with Crippen LogP contribution in [0, 0.1) is 11.6 Å². The Morgan fingerprint density at radius 3 is 2.50 bits per heavy atom. The van der Waals surface area contributed by atoms with Crippen LogP contribution in [0.5, 0.6) is 0 Å². The van der Waals surface area contributed by atoms with Gasteiger partial charge in [0.1, 0.15) is 19.5 Å². The van der Waals surface area contributed by atoms with E-state index in [4.69, 9.17) is 0 Å². The highest BCUT2D eigenvalue weighted by Crippen LogP contribution is 2.08. The Balaban J connectivity index is 3.07. The third-order valence-corrected chi connectivity index (χ3v) is 1.40. The SMILES string of the molecule is BCc1ccc(F)cc1F. The highest BCUT2D eigenvalue weighted by Gasteiger charge is 1.99. The molecular weight excluding hydrogens is 133 g/mol. The highest BCUT2D eigenvalue weighted by atomic mass is 19.1. The quantitative estimate of drug-likeness (QED) is 0.512. The summed E-state index contributed by atoms with van der Waals surface area (Å²) in [5, 5.41) is 0. The van der Waals surface area contributed by atoms with Gasteiger partial charge in [0, 0.05) is 6.07 Å². The van der Waals surface area contributed by atoms with Gasteiger partial charge in [0.05, 0.1) is 0 Å². The molecule has 0 spiro atoms. The van der Waals surface area contributed by atoms with Crippen LogP contribution in [-0.4, -0.2) is 7.85 Å². The Morgan fingerprint density at radius 2 is 2.00 bits per heavy atom. The van der Waals surface area contributed by atoms with E-state index in [9.17, 15) is 8.78 Å². The maximum Gasteiger partial charge on any atom is 0.128 e. The van der Waals surface area contributed by atoms with Gasteiger partial charge in [-0.1, -0.05) is 12.4 Å². The van der Waals surface area contributed by atoms with E-state index < -0.39 is 11.6 Å². The summed E-state index contributed by atoms with van der Waals surface area (Å²) in [6, 6.07) is 3.63. The zero-order valence-electron chi connectivity index (χ0n) is 5.70. The molecule has 0 amide bonds. The predicted octanol–water partition coefficient (Wildman–Crippen LogP) is 1.10. The lowest BCUT2D eigenvalue weighted by atomic mass is 9.97. The molecule has 0 nitrogen and oxygen atoms in total. The average molecular weight is 140 g/mol. The van der Waals surface area contributed by atoms with Gasteiger partial charge in [0.2, 0.25) is 0 Å². The molecule has 0 atom stereocenters. The van der Waals surface area contributed by atoms with Gasteiger partial charge in [-0.05, 0) is 11.6 Å². The van der Waals surface area contributed by atoms with Gasteiger partial charge in [0.15, 0.2) is 0 Å². The van der Waals surface area contributed by atoms with Crippen molar-refractivity contribution in [3.8, 4) is 0 Å². The fourth-order valence-electron chi connectivity index (χ4n) is 0.808. The zero-order valence-corrected chi connectivity index (χ0v) is 5.70. The molecule has 1 rings (SSSR count). The molecule has 0 radical (unpaired) electrons. The number of hydrogen-bond donors (Lipinski definition) is 0. The first kappa shape index (κ1) is 7.25. The second kappa shape index (κ2) is 2.82. The summed E-state index contributed by atoms with van der Waals surface area (Å²) >= 11 is 0. The van der Waals surface area contributed by atoms with E-state index >= 15 is 0 Å². The van der Waals surface area contributed by atoms with Crippen LogP contribution >= 0.6 is 0 Å². The van der Waals surface area contributed by atoms with Crippen LogP contribution in [-0.2, 0) is 6.32 Å². The normalized spacial score (nSPS) is 9.80. The van der Waals surface area contributed by atoms with Crippen LogP contribution in [0.4, 0.5) is 8.78 Å². The summed E-state index contributed by atoms with van der Waals surface area (Å²) in [4.78, 5) is 0. The van der Waals surface area contributed by atoms with Crippen molar-refractivity contribution in [1.82, 2.24) is 0 Å². The second-order valence-electron chi connectivity index (χ2n) is 2.09. The van der Waals surface area contributed by atoms with Crippen molar-refractivity contribution >= 4 is 7.85 Å². The van der Waals surface area contributed by atoms with E-state index in [1.165, 1.54) is 12.1 Å². The van der Waals surface area contributed by atoms with Crippen molar-refractivity contribution in [2.45, 2.75) is 6.32 Å². The molecule has 0 aliphatic carbocycles. The topological polar surface area (TPSA) is 0 Å². The van der Waals surface area contributed by atoms with Gasteiger partial charge in [-0.25, -0.2) is 8.78 Å². The Kier molecular flexibility index (Phi) is 2.04. The van der Waals surface area contributed by atoms with E-state index in [0.29, 0.717) is 11.9 Å². The lowest BCUT2D eigenvalue weighted by molar-refractivity contribution is 0.576. The van der Waals surface area contributed by atoms with Crippen molar-refractivity contribution in [2.24, 2.45) is 0 Å². The molecular formula is C7H7BF2. The van der Waals surface area contributed by atoms with Crippen LogP contribution < -0.4 is 0 Å². The second-order valence-corrected chi connectivity index (χ2v) is 2.09. The molecule has 0 bridgehead atoms. The summed E-state index contributed by atoms with van der Waals surface area (Å²) in [6.07, 6.45) is 0.603. The fraction of sp³-hybridized carbons (Fsp3) is 0.143. The average Bonchev–Trinajstić information content (AvgIpc) is 1.88. The molecule has 0 aromatic heterocycles. The monoisotopic (exact) mass is 140 g/mol. The first-order chi connectivity index (χ1) is 4.74.